The molecule has 0 aliphatic heterocycles. The van der Waals surface area contributed by atoms with Crippen LogP contribution in [0.2, 0.25) is 0 Å². The second-order valence-electron chi connectivity index (χ2n) is 2.92. The van der Waals surface area contributed by atoms with Gasteiger partial charge in [-0.3, -0.25) is 4.79 Å². The monoisotopic (exact) mass is 218 g/mol. The molecule has 0 aromatic rings. The Hall–Kier alpha value is -1.30. The lowest BCUT2D eigenvalue weighted by molar-refractivity contribution is -0.129. The molecule has 0 saturated heterocycles. The molecule has 0 saturated carbocycles. The first-order valence-electron chi connectivity index (χ1n) is 4.68. The zero-order valence-electron chi connectivity index (χ0n) is 9.41. The zero-order valence-corrected chi connectivity index (χ0v) is 9.41. The van der Waals surface area contributed by atoms with Crippen molar-refractivity contribution in [3.8, 4) is 0 Å². The van der Waals surface area contributed by atoms with Gasteiger partial charge in [0.2, 0.25) is 5.91 Å². The predicted octanol–water partition coefficient (Wildman–Crippen LogP) is -0.163. The van der Waals surface area contributed by atoms with E-state index in [1.165, 1.54) is 14.0 Å². The number of hydrogen-bond donors (Lipinski definition) is 1. The van der Waals surface area contributed by atoms with E-state index in [1.807, 2.05) is 0 Å². The van der Waals surface area contributed by atoms with Crippen molar-refractivity contribution in [3.63, 3.8) is 0 Å². The maximum Gasteiger partial charge on any atom is 0.406 e. The van der Waals surface area contributed by atoms with Crippen LogP contribution < -0.4 is 5.32 Å². The topological polar surface area (TPSA) is 67.9 Å². The Bertz CT molecular complexity index is 208. The molecule has 0 bridgehead atoms. The van der Waals surface area contributed by atoms with E-state index in [-0.39, 0.29) is 5.91 Å². The van der Waals surface area contributed by atoms with Crippen LogP contribution in [0.25, 0.3) is 0 Å². The lowest BCUT2D eigenvalue weighted by Gasteiger charge is -2.20. The van der Waals surface area contributed by atoms with Gasteiger partial charge in [0.05, 0.1) is 13.7 Å². The Labute approximate surface area is 89.5 Å². The lowest BCUT2D eigenvalue weighted by Crippen LogP contribution is -2.39. The molecule has 0 radical (unpaired) electrons. The first kappa shape index (κ1) is 13.7. The van der Waals surface area contributed by atoms with E-state index in [4.69, 9.17) is 4.74 Å². The Kier molecular flexibility index (Phi) is 7.35. The number of carbonyl (C=O) groups excluding carboxylic acids is 2. The van der Waals surface area contributed by atoms with E-state index in [9.17, 15) is 9.59 Å². The molecule has 0 aliphatic rings. The van der Waals surface area contributed by atoms with Gasteiger partial charge in [-0.1, -0.05) is 0 Å². The molecule has 0 aliphatic carbocycles. The molecule has 15 heavy (non-hydrogen) atoms. The van der Waals surface area contributed by atoms with Crippen LogP contribution >= 0.6 is 0 Å². The van der Waals surface area contributed by atoms with Crippen molar-refractivity contribution >= 4 is 12.0 Å². The minimum absolute atomic E-state index is 0.0429. The number of nitrogens with one attached hydrogen (secondary N) is 1. The molecule has 0 atom stereocenters. The molecule has 0 fully saturated rings. The molecule has 0 unspecified atom stereocenters. The fourth-order valence-corrected chi connectivity index (χ4v) is 0.993. The summed E-state index contributed by atoms with van der Waals surface area (Å²) in [5.41, 5.74) is 0. The molecule has 1 N–H and O–H groups in total. The van der Waals surface area contributed by atoms with Gasteiger partial charge in [0, 0.05) is 33.7 Å². The van der Waals surface area contributed by atoms with E-state index in [2.05, 4.69) is 10.1 Å². The molecule has 0 aromatic heterocycles. The number of hydrogen-bond acceptors (Lipinski definition) is 4. The van der Waals surface area contributed by atoms with Crippen molar-refractivity contribution in [3.05, 3.63) is 0 Å². The summed E-state index contributed by atoms with van der Waals surface area (Å²) in [5.74, 6) is -0.0429. The second-order valence-corrected chi connectivity index (χ2v) is 2.92. The number of nitrogens with zero attached hydrogens (tertiary/aromatic N) is 1. The minimum atomic E-state index is -0.495. The van der Waals surface area contributed by atoms with Crippen molar-refractivity contribution in [2.75, 3.05) is 40.5 Å². The molecule has 6 nitrogen and oxygen atoms in total. The summed E-state index contributed by atoms with van der Waals surface area (Å²) in [6, 6.07) is 0. The highest BCUT2D eigenvalue weighted by molar-refractivity contribution is 5.73. The van der Waals surface area contributed by atoms with Gasteiger partial charge >= 0.3 is 6.09 Å². The molecule has 88 valence electrons. The van der Waals surface area contributed by atoms with E-state index in [1.54, 1.807) is 12.0 Å². The van der Waals surface area contributed by atoms with Crippen molar-refractivity contribution in [1.29, 1.82) is 0 Å². The van der Waals surface area contributed by atoms with Crippen LogP contribution in [0.1, 0.15) is 6.92 Å². The van der Waals surface area contributed by atoms with E-state index in [0.29, 0.717) is 26.2 Å². The molecule has 0 aromatic carbocycles. The first-order chi connectivity index (χ1) is 7.11. The molecule has 6 heteroatoms. The van der Waals surface area contributed by atoms with Gasteiger partial charge in [0.1, 0.15) is 0 Å². The van der Waals surface area contributed by atoms with E-state index >= 15 is 0 Å². The fraction of sp³-hybridized carbons (Fsp3) is 0.778. The normalized spacial score (nSPS) is 9.53. The Morgan fingerprint density at radius 1 is 1.27 bits per heavy atom. The first-order valence-corrected chi connectivity index (χ1v) is 4.68. The quantitative estimate of drug-likeness (QED) is 0.672. The summed E-state index contributed by atoms with van der Waals surface area (Å²) in [7, 11) is 2.87. The van der Waals surface area contributed by atoms with Gasteiger partial charge < -0.3 is 19.7 Å². The third-order valence-electron chi connectivity index (χ3n) is 1.85. The number of ether oxygens (including phenoxy) is 2. The molecule has 2 amide bonds. The highest BCUT2D eigenvalue weighted by Crippen LogP contribution is 1.88. The molecular weight excluding hydrogens is 200 g/mol. The van der Waals surface area contributed by atoms with Gasteiger partial charge in [0.25, 0.3) is 0 Å². The largest absolute Gasteiger partial charge is 0.453 e. The van der Waals surface area contributed by atoms with E-state index in [0.717, 1.165) is 0 Å². The number of alkyl carbamates (subject to hydrolysis) is 1. The molecule has 0 spiro atoms. The van der Waals surface area contributed by atoms with Gasteiger partial charge in [-0.05, 0) is 0 Å². The summed E-state index contributed by atoms with van der Waals surface area (Å²) >= 11 is 0. The van der Waals surface area contributed by atoms with Crippen molar-refractivity contribution in [2.45, 2.75) is 6.92 Å². The summed E-state index contributed by atoms with van der Waals surface area (Å²) in [4.78, 5) is 23.4. The highest BCUT2D eigenvalue weighted by Gasteiger charge is 2.08. The third kappa shape index (κ3) is 6.73. The van der Waals surface area contributed by atoms with Crippen LogP contribution in [0.4, 0.5) is 4.79 Å². The van der Waals surface area contributed by atoms with Crippen LogP contribution in [-0.4, -0.2) is 57.4 Å². The van der Waals surface area contributed by atoms with Crippen LogP contribution in [0, 0.1) is 0 Å². The molecular formula is C9H18N2O4. The van der Waals surface area contributed by atoms with Crippen LogP contribution in [0.3, 0.4) is 0 Å². The van der Waals surface area contributed by atoms with Crippen LogP contribution in [0.15, 0.2) is 0 Å². The van der Waals surface area contributed by atoms with Gasteiger partial charge in [0.15, 0.2) is 0 Å². The second kappa shape index (κ2) is 8.05. The zero-order chi connectivity index (χ0) is 11.7. The number of amides is 2. The van der Waals surface area contributed by atoms with Crippen molar-refractivity contribution < 1.29 is 19.1 Å². The highest BCUT2D eigenvalue weighted by atomic mass is 16.5. The molecule has 0 rings (SSSR count). The standard InChI is InChI=1S/C9H18N2O4/c1-8(12)11(6-7-14-2)5-4-10-9(13)15-3/h4-7H2,1-3H3,(H,10,13). The SMILES string of the molecule is COCCN(CCNC(=O)OC)C(C)=O. The fourth-order valence-electron chi connectivity index (χ4n) is 0.993. The Morgan fingerprint density at radius 2 is 1.93 bits per heavy atom. The van der Waals surface area contributed by atoms with E-state index < -0.39 is 6.09 Å². The summed E-state index contributed by atoms with van der Waals surface area (Å²) in [5, 5.41) is 2.50. The Balaban J connectivity index is 3.75. The summed E-state index contributed by atoms with van der Waals surface area (Å²) in [6.45, 7) is 3.31. The lowest BCUT2D eigenvalue weighted by atomic mass is 10.4. The van der Waals surface area contributed by atoms with Gasteiger partial charge in [-0.25, -0.2) is 4.79 Å². The Morgan fingerprint density at radius 3 is 2.40 bits per heavy atom. The van der Waals surface area contributed by atoms with Gasteiger partial charge in [-0.2, -0.15) is 0 Å². The number of rotatable bonds is 6. The number of carbonyl (C=O) groups is 2. The summed E-state index contributed by atoms with van der Waals surface area (Å²) < 4.78 is 9.26. The predicted molar refractivity (Wildman–Crippen MR) is 54.5 cm³/mol. The van der Waals surface area contributed by atoms with Gasteiger partial charge in [-0.15, -0.1) is 0 Å². The maximum atomic E-state index is 11.1. The average Bonchev–Trinajstić information content (AvgIpc) is 2.22. The van der Waals surface area contributed by atoms with Crippen molar-refractivity contribution in [1.82, 2.24) is 10.2 Å². The maximum absolute atomic E-state index is 11.1. The van der Waals surface area contributed by atoms with Crippen LogP contribution in [-0.2, 0) is 14.3 Å². The average molecular weight is 218 g/mol. The smallest absolute Gasteiger partial charge is 0.406 e. The van der Waals surface area contributed by atoms with Crippen LogP contribution in [0.5, 0.6) is 0 Å². The summed E-state index contributed by atoms with van der Waals surface area (Å²) in [6.07, 6.45) is -0.495. The minimum Gasteiger partial charge on any atom is -0.453 e. The third-order valence-corrected chi connectivity index (χ3v) is 1.85. The van der Waals surface area contributed by atoms with Crippen molar-refractivity contribution in [2.24, 2.45) is 0 Å². The molecule has 0 heterocycles. The number of methoxy groups -OCH3 is 2.